The Kier molecular flexibility index (Phi) is 4.76. The molecule has 0 bridgehead atoms. The van der Waals surface area contributed by atoms with Gasteiger partial charge in [-0.05, 0) is 13.8 Å². The second-order valence-electron chi connectivity index (χ2n) is 2.23. The third kappa shape index (κ3) is 3.75. The van der Waals surface area contributed by atoms with E-state index in [1.54, 1.807) is 19.9 Å². The monoisotopic (exact) mass is 171 g/mol. The number of ether oxygens (including phenoxy) is 1. The van der Waals surface area contributed by atoms with E-state index in [0.717, 1.165) is 0 Å². The Bertz CT molecular complexity index is 208. The van der Waals surface area contributed by atoms with Crippen molar-refractivity contribution < 1.29 is 14.3 Å². The van der Waals surface area contributed by atoms with Gasteiger partial charge in [0.25, 0.3) is 0 Å². The Labute approximate surface area is 71.6 Å². The number of hydrogen-bond donors (Lipinski definition) is 1. The fourth-order valence-corrected chi connectivity index (χ4v) is 0.495. The predicted octanol–water partition coefficient (Wildman–Crippen LogP) is 0.242. The van der Waals surface area contributed by atoms with Crippen LogP contribution in [0.3, 0.4) is 0 Å². The summed E-state index contributed by atoms with van der Waals surface area (Å²) in [7, 11) is 1.27. The van der Waals surface area contributed by atoms with Crippen molar-refractivity contribution in [2.75, 3.05) is 13.7 Å². The molecule has 0 fully saturated rings. The molecular weight excluding hydrogens is 158 g/mol. The van der Waals surface area contributed by atoms with Gasteiger partial charge >= 0.3 is 5.97 Å². The molecule has 1 amide bonds. The fourth-order valence-electron chi connectivity index (χ4n) is 0.495. The van der Waals surface area contributed by atoms with Crippen molar-refractivity contribution >= 4 is 11.9 Å². The molecule has 0 aromatic rings. The van der Waals surface area contributed by atoms with Crippen LogP contribution in [0.15, 0.2) is 11.6 Å². The van der Waals surface area contributed by atoms with Gasteiger partial charge in [-0.25, -0.2) is 0 Å². The van der Waals surface area contributed by atoms with Crippen LogP contribution in [-0.2, 0) is 14.3 Å². The van der Waals surface area contributed by atoms with E-state index in [1.165, 1.54) is 7.11 Å². The number of amides is 1. The first-order valence-electron chi connectivity index (χ1n) is 3.59. The topological polar surface area (TPSA) is 55.4 Å². The van der Waals surface area contributed by atoms with Crippen molar-refractivity contribution in [2.45, 2.75) is 13.8 Å². The number of carbonyl (C=O) groups is 2. The lowest BCUT2D eigenvalue weighted by atomic mass is 10.3. The largest absolute Gasteiger partial charge is 0.468 e. The van der Waals surface area contributed by atoms with Gasteiger partial charge < -0.3 is 10.1 Å². The Morgan fingerprint density at radius 3 is 2.50 bits per heavy atom. The molecule has 4 heteroatoms. The molecule has 0 unspecified atom stereocenters. The lowest BCUT2D eigenvalue weighted by molar-refractivity contribution is -0.140. The van der Waals surface area contributed by atoms with Crippen molar-refractivity contribution in [3.8, 4) is 0 Å². The number of hydrogen-bond acceptors (Lipinski definition) is 3. The quantitative estimate of drug-likeness (QED) is 0.489. The van der Waals surface area contributed by atoms with Crippen LogP contribution in [0.4, 0.5) is 0 Å². The molecule has 4 nitrogen and oxygen atoms in total. The maximum atomic E-state index is 11.0. The van der Waals surface area contributed by atoms with Gasteiger partial charge in [0.15, 0.2) is 0 Å². The highest BCUT2D eigenvalue weighted by Crippen LogP contribution is 1.89. The molecule has 0 atom stereocenters. The number of methoxy groups -OCH3 is 1. The first-order chi connectivity index (χ1) is 5.61. The molecule has 0 aromatic heterocycles. The molecule has 0 aliphatic carbocycles. The highest BCUT2D eigenvalue weighted by atomic mass is 16.5. The lowest BCUT2D eigenvalue weighted by Gasteiger charge is -2.02. The van der Waals surface area contributed by atoms with Crippen molar-refractivity contribution in [1.29, 1.82) is 0 Å². The summed E-state index contributed by atoms with van der Waals surface area (Å²) in [6.07, 6.45) is 1.67. The van der Waals surface area contributed by atoms with E-state index in [1.807, 2.05) is 0 Å². The summed E-state index contributed by atoms with van der Waals surface area (Å²) in [5.74, 6) is -0.699. The summed E-state index contributed by atoms with van der Waals surface area (Å²) in [4.78, 5) is 21.6. The van der Waals surface area contributed by atoms with Gasteiger partial charge in [0.2, 0.25) is 5.91 Å². The Morgan fingerprint density at radius 1 is 1.50 bits per heavy atom. The van der Waals surface area contributed by atoms with E-state index in [4.69, 9.17) is 0 Å². The normalized spacial score (nSPS) is 10.8. The SMILES string of the molecule is C/C=C(/C)C(=O)NCC(=O)OC. The maximum Gasteiger partial charge on any atom is 0.325 e. The van der Waals surface area contributed by atoms with E-state index in [2.05, 4.69) is 10.1 Å². The Morgan fingerprint density at radius 2 is 2.08 bits per heavy atom. The Hall–Kier alpha value is -1.32. The molecule has 0 radical (unpaired) electrons. The molecule has 1 N–H and O–H groups in total. The minimum absolute atomic E-state index is 0.0828. The molecule has 0 rings (SSSR count). The van der Waals surface area contributed by atoms with Crippen molar-refractivity contribution in [3.05, 3.63) is 11.6 Å². The van der Waals surface area contributed by atoms with Crippen LogP contribution in [-0.4, -0.2) is 25.5 Å². The molecule has 0 heterocycles. The number of nitrogens with one attached hydrogen (secondary N) is 1. The van der Waals surface area contributed by atoms with E-state index in [9.17, 15) is 9.59 Å². The standard InChI is InChI=1S/C8H13NO3/c1-4-6(2)8(11)9-5-7(10)12-3/h4H,5H2,1-3H3,(H,9,11)/b6-4-. The molecule has 0 aliphatic rings. The zero-order chi connectivity index (χ0) is 9.56. The van der Waals surface area contributed by atoms with Crippen LogP contribution < -0.4 is 5.32 Å². The van der Waals surface area contributed by atoms with Crippen LogP contribution in [0, 0.1) is 0 Å². The summed E-state index contributed by atoms with van der Waals surface area (Å²) in [6.45, 7) is 3.35. The first kappa shape index (κ1) is 10.7. The second-order valence-corrected chi connectivity index (χ2v) is 2.23. The van der Waals surface area contributed by atoms with E-state index < -0.39 is 5.97 Å². The third-order valence-corrected chi connectivity index (χ3v) is 1.41. The predicted molar refractivity (Wildman–Crippen MR) is 44.5 cm³/mol. The van der Waals surface area contributed by atoms with Crippen LogP contribution in [0.25, 0.3) is 0 Å². The van der Waals surface area contributed by atoms with Crippen LogP contribution in [0.2, 0.25) is 0 Å². The molecule has 0 aromatic carbocycles. The van der Waals surface area contributed by atoms with E-state index in [-0.39, 0.29) is 12.5 Å². The molecule has 0 saturated heterocycles. The van der Waals surface area contributed by atoms with Gasteiger partial charge in [0, 0.05) is 5.57 Å². The first-order valence-corrected chi connectivity index (χ1v) is 3.59. The van der Waals surface area contributed by atoms with Gasteiger partial charge in [-0.2, -0.15) is 0 Å². The zero-order valence-corrected chi connectivity index (χ0v) is 7.51. The second kappa shape index (κ2) is 5.35. The average molecular weight is 171 g/mol. The molecule has 68 valence electrons. The number of esters is 1. The van der Waals surface area contributed by atoms with Crippen LogP contribution >= 0.6 is 0 Å². The number of allylic oxidation sites excluding steroid dienone is 1. The van der Waals surface area contributed by atoms with Crippen LogP contribution in [0.1, 0.15) is 13.8 Å². The van der Waals surface area contributed by atoms with Gasteiger partial charge in [-0.3, -0.25) is 9.59 Å². The van der Waals surface area contributed by atoms with Crippen LogP contribution in [0.5, 0.6) is 0 Å². The van der Waals surface area contributed by atoms with E-state index in [0.29, 0.717) is 5.57 Å². The molecule has 0 spiro atoms. The Balaban J connectivity index is 3.80. The molecule has 12 heavy (non-hydrogen) atoms. The molecular formula is C8H13NO3. The highest BCUT2D eigenvalue weighted by Gasteiger charge is 2.05. The summed E-state index contributed by atoms with van der Waals surface area (Å²) in [5.41, 5.74) is 0.582. The summed E-state index contributed by atoms with van der Waals surface area (Å²) in [6, 6.07) is 0. The minimum Gasteiger partial charge on any atom is -0.468 e. The number of carbonyl (C=O) groups excluding carboxylic acids is 2. The van der Waals surface area contributed by atoms with Gasteiger partial charge in [0.1, 0.15) is 6.54 Å². The van der Waals surface area contributed by atoms with Crippen molar-refractivity contribution in [1.82, 2.24) is 5.32 Å². The van der Waals surface area contributed by atoms with Crippen molar-refractivity contribution in [2.24, 2.45) is 0 Å². The smallest absolute Gasteiger partial charge is 0.325 e. The van der Waals surface area contributed by atoms with Gasteiger partial charge in [0.05, 0.1) is 7.11 Å². The zero-order valence-electron chi connectivity index (χ0n) is 7.51. The van der Waals surface area contributed by atoms with E-state index >= 15 is 0 Å². The molecule has 0 aliphatic heterocycles. The maximum absolute atomic E-state index is 11.0. The summed E-state index contributed by atoms with van der Waals surface area (Å²) < 4.78 is 4.34. The summed E-state index contributed by atoms with van der Waals surface area (Å²) >= 11 is 0. The van der Waals surface area contributed by atoms with Gasteiger partial charge in [-0.15, -0.1) is 0 Å². The third-order valence-electron chi connectivity index (χ3n) is 1.41. The molecule has 0 saturated carbocycles. The lowest BCUT2D eigenvalue weighted by Crippen LogP contribution is -2.30. The summed E-state index contributed by atoms with van der Waals surface area (Å²) in [5, 5.41) is 2.40. The fraction of sp³-hybridized carbons (Fsp3) is 0.500. The average Bonchev–Trinajstić information content (AvgIpc) is 2.11. The minimum atomic E-state index is -0.452. The van der Waals surface area contributed by atoms with Crippen molar-refractivity contribution in [3.63, 3.8) is 0 Å². The van der Waals surface area contributed by atoms with Gasteiger partial charge in [-0.1, -0.05) is 6.08 Å². The highest BCUT2D eigenvalue weighted by molar-refractivity contribution is 5.94. The number of rotatable bonds is 3.